The summed E-state index contributed by atoms with van der Waals surface area (Å²) in [6.45, 7) is 6.39. The lowest BCUT2D eigenvalue weighted by atomic mass is 9.95. The monoisotopic (exact) mass is 346 g/mol. The van der Waals surface area contributed by atoms with Crippen LogP contribution < -0.4 is 5.69 Å². The topological polar surface area (TPSA) is 44.0 Å². The number of aromatic nitrogens is 2. The highest BCUT2D eigenvalue weighted by Gasteiger charge is 2.13. The minimum absolute atomic E-state index is 0.174. The molecule has 0 aliphatic carbocycles. The van der Waals surface area contributed by atoms with Crippen LogP contribution in [0.4, 0.5) is 4.39 Å². The molecule has 0 atom stereocenters. The number of halogens is 1. The van der Waals surface area contributed by atoms with Crippen molar-refractivity contribution >= 4 is 5.78 Å². The fourth-order valence-electron chi connectivity index (χ4n) is 3.26. The van der Waals surface area contributed by atoms with Gasteiger partial charge in [0.1, 0.15) is 5.82 Å². The van der Waals surface area contributed by atoms with Crippen molar-refractivity contribution in [3.63, 3.8) is 0 Å². The number of ketones is 1. The minimum Gasteiger partial charge on any atom is -0.299 e. The van der Waals surface area contributed by atoms with Crippen LogP contribution in [-0.2, 0) is 6.54 Å². The maximum atomic E-state index is 14.3. The molecular weight excluding hydrogens is 319 g/mol. The molecule has 2 aromatic rings. The smallest absolute Gasteiger partial charge is 0.299 e. The minimum atomic E-state index is -0.567. The normalized spacial score (nSPS) is 11.2. The average molecular weight is 346 g/mol. The zero-order valence-corrected chi connectivity index (χ0v) is 15.3. The first kappa shape index (κ1) is 19.2. The SMILES string of the molecule is CCCC(CCC)CCn1ccn(-c2ccc(C(C)=O)cc2F)c1=O. The second-order valence-electron chi connectivity index (χ2n) is 6.60. The standard InChI is InChI=1S/C20H27FN2O2/c1-4-6-16(7-5-2)10-11-22-12-13-23(20(22)25)19-9-8-17(15(3)24)14-18(19)21/h8-9,12-14,16H,4-7,10-11H2,1-3H3. The predicted molar refractivity (Wildman–Crippen MR) is 97.9 cm³/mol. The summed E-state index contributed by atoms with van der Waals surface area (Å²) in [6, 6.07) is 4.21. The molecule has 0 saturated heterocycles. The number of hydrogen-bond donors (Lipinski definition) is 0. The molecule has 1 aromatic heterocycles. The lowest BCUT2D eigenvalue weighted by Gasteiger charge is -2.14. The number of nitrogens with zero attached hydrogens (tertiary/aromatic N) is 2. The maximum Gasteiger partial charge on any atom is 0.332 e. The molecule has 4 nitrogen and oxygen atoms in total. The van der Waals surface area contributed by atoms with Crippen LogP contribution in [0.25, 0.3) is 5.69 Å². The lowest BCUT2D eigenvalue weighted by molar-refractivity contribution is 0.101. The second-order valence-corrected chi connectivity index (χ2v) is 6.60. The number of hydrogen-bond acceptors (Lipinski definition) is 2. The molecule has 0 spiro atoms. The summed E-state index contributed by atoms with van der Waals surface area (Å²) in [5.74, 6) is -0.146. The van der Waals surface area contributed by atoms with Gasteiger partial charge in [0.05, 0.1) is 5.69 Å². The first-order valence-corrected chi connectivity index (χ1v) is 9.06. The molecule has 0 N–H and O–H groups in total. The number of imidazole rings is 1. The van der Waals surface area contributed by atoms with E-state index in [1.54, 1.807) is 23.0 Å². The summed E-state index contributed by atoms with van der Waals surface area (Å²) in [7, 11) is 0. The molecule has 0 radical (unpaired) electrons. The highest BCUT2D eigenvalue weighted by Crippen LogP contribution is 2.18. The van der Waals surface area contributed by atoms with Gasteiger partial charge in [0.2, 0.25) is 0 Å². The molecule has 0 bridgehead atoms. The van der Waals surface area contributed by atoms with Crippen LogP contribution in [0.1, 0.15) is 63.2 Å². The van der Waals surface area contributed by atoms with Crippen molar-refractivity contribution in [1.29, 1.82) is 0 Å². The molecule has 0 aliphatic rings. The van der Waals surface area contributed by atoms with Gasteiger partial charge in [-0.05, 0) is 37.5 Å². The Balaban J connectivity index is 2.18. The van der Waals surface area contributed by atoms with Gasteiger partial charge in [-0.3, -0.25) is 13.9 Å². The Kier molecular flexibility index (Phi) is 6.73. The third-order valence-electron chi connectivity index (χ3n) is 4.63. The van der Waals surface area contributed by atoms with Crippen molar-refractivity contribution in [3.8, 4) is 5.69 Å². The predicted octanol–water partition coefficient (Wildman–Crippen LogP) is 4.59. The molecule has 136 valence electrons. The molecule has 25 heavy (non-hydrogen) atoms. The first-order chi connectivity index (χ1) is 12.0. The first-order valence-electron chi connectivity index (χ1n) is 9.06. The summed E-state index contributed by atoms with van der Waals surface area (Å²) in [4.78, 5) is 23.9. The van der Waals surface area contributed by atoms with Crippen molar-refractivity contribution in [2.24, 2.45) is 5.92 Å². The van der Waals surface area contributed by atoms with E-state index in [1.165, 1.54) is 36.5 Å². The van der Waals surface area contributed by atoms with Gasteiger partial charge in [-0.2, -0.15) is 0 Å². The molecule has 0 unspecified atom stereocenters. The zero-order chi connectivity index (χ0) is 18.4. The Labute approximate surface area is 148 Å². The van der Waals surface area contributed by atoms with E-state index in [0.29, 0.717) is 18.0 Å². The lowest BCUT2D eigenvalue weighted by Crippen LogP contribution is -2.24. The molecule has 0 fully saturated rings. The van der Waals surface area contributed by atoms with Crippen LogP contribution in [0, 0.1) is 11.7 Å². The van der Waals surface area contributed by atoms with Gasteiger partial charge >= 0.3 is 5.69 Å². The summed E-state index contributed by atoms with van der Waals surface area (Å²) in [6.07, 6.45) is 8.88. The summed E-state index contributed by atoms with van der Waals surface area (Å²) < 4.78 is 17.2. The number of rotatable bonds is 9. The van der Waals surface area contributed by atoms with E-state index in [0.717, 1.165) is 19.3 Å². The van der Waals surface area contributed by atoms with Crippen LogP contribution >= 0.6 is 0 Å². The van der Waals surface area contributed by atoms with Gasteiger partial charge in [-0.1, -0.05) is 39.5 Å². The summed E-state index contributed by atoms with van der Waals surface area (Å²) in [5.41, 5.74) is 0.226. The van der Waals surface area contributed by atoms with Crippen LogP contribution in [-0.4, -0.2) is 14.9 Å². The van der Waals surface area contributed by atoms with Gasteiger partial charge in [0.15, 0.2) is 5.78 Å². The number of aryl methyl sites for hydroxylation is 1. The fourth-order valence-corrected chi connectivity index (χ4v) is 3.26. The van der Waals surface area contributed by atoms with Crippen molar-refractivity contribution < 1.29 is 9.18 Å². The summed E-state index contributed by atoms with van der Waals surface area (Å²) >= 11 is 0. The van der Waals surface area contributed by atoms with Crippen LogP contribution in [0.2, 0.25) is 0 Å². The van der Waals surface area contributed by atoms with Gasteiger partial charge < -0.3 is 0 Å². The van der Waals surface area contributed by atoms with E-state index in [4.69, 9.17) is 0 Å². The largest absolute Gasteiger partial charge is 0.332 e. The van der Waals surface area contributed by atoms with Gasteiger partial charge in [0.25, 0.3) is 0 Å². The van der Waals surface area contributed by atoms with Crippen molar-refractivity contribution in [2.75, 3.05) is 0 Å². The van der Waals surface area contributed by atoms with Gasteiger partial charge in [-0.15, -0.1) is 0 Å². The van der Waals surface area contributed by atoms with Crippen molar-refractivity contribution in [2.45, 2.75) is 59.4 Å². The summed E-state index contributed by atoms with van der Waals surface area (Å²) in [5, 5.41) is 0. The highest BCUT2D eigenvalue weighted by atomic mass is 19.1. The van der Waals surface area contributed by atoms with E-state index >= 15 is 0 Å². The highest BCUT2D eigenvalue weighted by molar-refractivity contribution is 5.94. The van der Waals surface area contributed by atoms with Crippen LogP contribution in [0.3, 0.4) is 0 Å². The molecule has 0 amide bonds. The number of carbonyl (C=O) groups is 1. The van der Waals surface area contributed by atoms with Crippen LogP contribution in [0.15, 0.2) is 35.4 Å². The van der Waals surface area contributed by atoms with E-state index in [9.17, 15) is 14.0 Å². The van der Waals surface area contributed by atoms with E-state index in [1.807, 2.05) is 0 Å². The van der Waals surface area contributed by atoms with E-state index in [2.05, 4.69) is 13.8 Å². The Morgan fingerprint density at radius 3 is 2.36 bits per heavy atom. The number of Topliss-reactive ketones (excluding diaryl/α,β-unsaturated/α-hetero) is 1. The Hall–Kier alpha value is -2.17. The molecular formula is C20H27FN2O2. The molecule has 0 aliphatic heterocycles. The second kappa shape index (κ2) is 8.79. The Bertz CT molecular complexity index is 770. The number of benzene rings is 1. The average Bonchev–Trinajstić information content (AvgIpc) is 2.93. The third-order valence-corrected chi connectivity index (χ3v) is 4.63. The van der Waals surface area contributed by atoms with Gasteiger partial charge in [0, 0.05) is 24.5 Å². The fraction of sp³-hybridized carbons (Fsp3) is 0.500. The quantitative estimate of drug-likeness (QED) is 0.624. The molecule has 0 saturated carbocycles. The number of carbonyl (C=O) groups excluding carboxylic acids is 1. The van der Waals surface area contributed by atoms with E-state index in [-0.39, 0.29) is 17.2 Å². The zero-order valence-electron chi connectivity index (χ0n) is 15.3. The van der Waals surface area contributed by atoms with Crippen molar-refractivity contribution in [1.82, 2.24) is 9.13 Å². The van der Waals surface area contributed by atoms with Gasteiger partial charge in [-0.25, -0.2) is 9.18 Å². The maximum absolute atomic E-state index is 14.3. The van der Waals surface area contributed by atoms with E-state index < -0.39 is 5.82 Å². The molecule has 1 heterocycles. The Morgan fingerprint density at radius 2 is 1.80 bits per heavy atom. The molecule has 5 heteroatoms. The Morgan fingerprint density at radius 1 is 1.12 bits per heavy atom. The molecule has 2 rings (SSSR count). The molecule has 1 aromatic carbocycles. The van der Waals surface area contributed by atoms with Crippen molar-refractivity contribution in [3.05, 3.63) is 52.5 Å². The third kappa shape index (κ3) is 4.68. The van der Waals surface area contributed by atoms with Crippen LogP contribution in [0.5, 0.6) is 0 Å².